The predicted molar refractivity (Wildman–Crippen MR) is 218 cm³/mol. The van der Waals surface area contributed by atoms with Crippen molar-refractivity contribution in [1.29, 1.82) is 0 Å². The number of allylic oxidation sites excluding steroid dienone is 2. The van der Waals surface area contributed by atoms with Crippen LogP contribution in [0.3, 0.4) is 0 Å². The number of nitrogens with zero attached hydrogens (tertiary/aromatic N) is 2. The Bertz CT molecular complexity index is 1880. The van der Waals surface area contributed by atoms with E-state index in [4.69, 9.17) is 6.42 Å². The van der Waals surface area contributed by atoms with Crippen LogP contribution in [0.2, 0.25) is 0 Å². The summed E-state index contributed by atoms with van der Waals surface area (Å²) in [6.45, 7) is 2.13. The molecule has 0 heterocycles. The predicted octanol–water partition coefficient (Wildman–Crippen LogP) is 13.8. The summed E-state index contributed by atoms with van der Waals surface area (Å²) < 4.78 is 0. The van der Waals surface area contributed by atoms with Crippen molar-refractivity contribution in [2.75, 3.05) is 9.80 Å². The largest absolute Gasteiger partial charge is 0.310 e. The lowest BCUT2D eigenvalue weighted by molar-refractivity contribution is 0.425. The van der Waals surface area contributed by atoms with Gasteiger partial charge in [0.05, 0.1) is 0 Å². The topological polar surface area (TPSA) is 6.48 Å². The molecule has 0 spiro atoms. The Kier molecular flexibility index (Phi) is 10.5. The molecule has 0 saturated heterocycles. The Morgan fingerprint density at radius 1 is 0.510 bits per heavy atom. The Morgan fingerprint density at radius 2 is 0.941 bits per heavy atom. The van der Waals surface area contributed by atoms with Gasteiger partial charge in [-0.05, 0) is 128 Å². The number of anilines is 6. The summed E-state index contributed by atoms with van der Waals surface area (Å²) in [6, 6.07) is 57.3. The number of unbranched alkanes of at least 4 members (excludes halogenated alkanes) is 3. The molecule has 0 N–H and O–H groups in total. The SMILES string of the molecule is C#CCCCCCC1(CC/C=C/C)c2cc(N(c3ccccc3)c3ccccc3)ccc2-c2ccc(N(c3ccccc3)c3ccccc3)cc21. The van der Waals surface area contributed by atoms with Crippen LogP contribution < -0.4 is 9.80 Å². The molecule has 252 valence electrons. The van der Waals surface area contributed by atoms with Gasteiger partial charge in [-0.2, -0.15) is 0 Å². The summed E-state index contributed by atoms with van der Waals surface area (Å²) in [7, 11) is 0. The lowest BCUT2D eigenvalue weighted by atomic mass is 9.70. The summed E-state index contributed by atoms with van der Waals surface area (Å²) in [5, 5.41) is 0. The van der Waals surface area contributed by atoms with E-state index in [2.05, 4.69) is 193 Å². The van der Waals surface area contributed by atoms with Gasteiger partial charge in [-0.25, -0.2) is 0 Å². The van der Waals surface area contributed by atoms with Crippen molar-refractivity contribution in [2.45, 2.75) is 57.3 Å². The molecule has 0 aromatic heterocycles. The zero-order valence-corrected chi connectivity index (χ0v) is 29.6. The van der Waals surface area contributed by atoms with Crippen LogP contribution in [0.4, 0.5) is 34.1 Å². The van der Waals surface area contributed by atoms with Crippen molar-refractivity contribution in [3.63, 3.8) is 0 Å². The van der Waals surface area contributed by atoms with Crippen LogP contribution in [-0.2, 0) is 5.41 Å². The molecule has 0 unspecified atom stereocenters. The molecule has 0 bridgehead atoms. The van der Waals surface area contributed by atoms with Gasteiger partial charge in [-0.3, -0.25) is 0 Å². The molecule has 0 saturated carbocycles. The molecule has 1 aliphatic rings. The van der Waals surface area contributed by atoms with Crippen molar-refractivity contribution >= 4 is 34.1 Å². The maximum Gasteiger partial charge on any atom is 0.0465 e. The normalized spacial score (nSPS) is 12.6. The lowest BCUT2D eigenvalue weighted by Crippen LogP contribution is -2.26. The van der Waals surface area contributed by atoms with Crippen molar-refractivity contribution in [3.8, 4) is 23.5 Å². The van der Waals surface area contributed by atoms with Gasteiger partial charge in [0.2, 0.25) is 0 Å². The number of rotatable bonds is 14. The zero-order valence-electron chi connectivity index (χ0n) is 29.6. The lowest BCUT2D eigenvalue weighted by Gasteiger charge is -2.35. The Hall–Kier alpha value is -5.78. The first kappa shape index (κ1) is 33.7. The van der Waals surface area contributed by atoms with E-state index < -0.39 is 0 Å². The first-order valence-electron chi connectivity index (χ1n) is 18.4. The molecule has 0 aliphatic heterocycles. The van der Waals surface area contributed by atoms with Gasteiger partial charge in [-0.1, -0.05) is 110 Å². The van der Waals surface area contributed by atoms with Crippen LogP contribution in [-0.4, -0.2) is 0 Å². The summed E-state index contributed by atoms with van der Waals surface area (Å²) in [6.07, 6.45) is 17.5. The Labute approximate surface area is 304 Å². The minimum Gasteiger partial charge on any atom is -0.310 e. The fourth-order valence-electron chi connectivity index (χ4n) is 7.94. The molecule has 1 aliphatic carbocycles. The van der Waals surface area contributed by atoms with Crippen molar-refractivity contribution in [2.24, 2.45) is 0 Å². The van der Waals surface area contributed by atoms with E-state index in [-0.39, 0.29) is 5.41 Å². The average Bonchev–Trinajstić information content (AvgIpc) is 3.45. The first-order valence-corrected chi connectivity index (χ1v) is 18.4. The third-order valence-corrected chi connectivity index (χ3v) is 10.3. The Morgan fingerprint density at radius 3 is 1.33 bits per heavy atom. The van der Waals surface area contributed by atoms with E-state index in [1.807, 2.05) is 0 Å². The van der Waals surface area contributed by atoms with E-state index in [0.717, 1.165) is 67.7 Å². The molecular weight excluding hydrogens is 617 g/mol. The highest BCUT2D eigenvalue weighted by atomic mass is 15.1. The van der Waals surface area contributed by atoms with Gasteiger partial charge in [0.15, 0.2) is 0 Å². The third kappa shape index (κ3) is 6.99. The number of hydrogen-bond donors (Lipinski definition) is 0. The second-order valence-corrected chi connectivity index (χ2v) is 13.4. The number of fused-ring (bicyclic) bond motifs is 3. The maximum absolute atomic E-state index is 5.68. The average molecular weight is 663 g/mol. The molecule has 2 heteroatoms. The molecule has 7 rings (SSSR count). The molecule has 51 heavy (non-hydrogen) atoms. The molecule has 0 fully saturated rings. The molecule has 6 aromatic rings. The standard InChI is InChI=1S/C49H46N2/c1-3-5-7-8-22-36-49(35-21-6-4-2)47-37-43(50(39-23-13-9-14-24-39)40-25-15-10-16-26-40)31-33-45(47)46-34-32-44(38-48(46)49)51(41-27-17-11-18-28-41)42-29-19-12-20-30-42/h1,4,6,9-20,23-34,37-38H,5,7-8,21-22,35-36H2,2H3/b6-4+. The molecule has 0 radical (unpaired) electrons. The minimum atomic E-state index is -0.162. The fraction of sp³-hybridized carbons (Fsp3) is 0.184. The second-order valence-electron chi connectivity index (χ2n) is 13.4. The molecule has 0 amide bonds. The number of hydrogen-bond acceptors (Lipinski definition) is 2. The van der Waals surface area contributed by atoms with Gasteiger partial charge in [0.1, 0.15) is 0 Å². The molecule has 6 aromatic carbocycles. The number of terminal acetylenes is 1. The van der Waals surface area contributed by atoms with Gasteiger partial charge in [-0.15, -0.1) is 12.3 Å². The number of para-hydroxylation sites is 4. The van der Waals surface area contributed by atoms with E-state index in [1.54, 1.807) is 0 Å². The molecular formula is C49H46N2. The van der Waals surface area contributed by atoms with E-state index in [1.165, 1.54) is 33.6 Å². The van der Waals surface area contributed by atoms with Crippen LogP contribution in [0, 0.1) is 12.3 Å². The van der Waals surface area contributed by atoms with Crippen LogP contribution in [0.25, 0.3) is 11.1 Å². The van der Waals surface area contributed by atoms with Crippen molar-refractivity contribution in [1.82, 2.24) is 0 Å². The second kappa shape index (κ2) is 15.8. The highest BCUT2D eigenvalue weighted by Gasteiger charge is 2.43. The van der Waals surface area contributed by atoms with Crippen LogP contribution in [0.15, 0.2) is 170 Å². The molecule has 2 nitrogen and oxygen atoms in total. The summed E-state index contributed by atoms with van der Waals surface area (Å²) in [5.74, 6) is 2.86. The van der Waals surface area contributed by atoms with Crippen LogP contribution in [0.1, 0.15) is 63.0 Å². The number of benzene rings is 6. The summed E-state index contributed by atoms with van der Waals surface area (Å²) in [4.78, 5) is 4.79. The van der Waals surface area contributed by atoms with Crippen molar-refractivity contribution in [3.05, 3.63) is 181 Å². The fourth-order valence-corrected chi connectivity index (χ4v) is 7.94. The van der Waals surface area contributed by atoms with Gasteiger partial charge < -0.3 is 9.80 Å². The summed E-state index contributed by atoms with van der Waals surface area (Å²) >= 11 is 0. The minimum absolute atomic E-state index is 0.162. The third-order valence-electron chi connectivity index (χ3n) is 10.3. The van der Waals surface area contributed by atoms with E-state index in [0.29, 0.717) is 0 Å². The van der Waals surface area contributed by atoms with Crippen molar-refractivity contribution < 1.29 is 0 Å². The van der Waals surface area contributed by atoms with Gasteiger partial charge >= 0.3 is 0 Å². The monoisotopic (exact) mass is 662 g/mol. The van der Waals surface area contributed by atoms with Crippen LogP contribution in [0.5, 0.6) is 0 Å². The Balaban J connectivity index is 1.42. The van der Waals surface area contributed by atoms with E-state index >= 15 is 0 Å². The molecule has 0 atom stereocenters. The highest BCUT2D eigenvalue weighted by Crippen LogP contribution is 2.56. The smallest absolute Gasteiger partial charge is 0.0465 e. The quantitative estimate of drug-likeness (QED) is 0.0651. The maximum atomic E-state index is 5.68. The summed E-state index contributed by atoms with van der Waals surface area (Å²) in [5.41, 5.74) is 12.3. The first-order chi connectivity index (χ1) is 25.2. The zero-order chi connectivity index (χ0) is 34.9. The van der Waals surface area contributed by atoms with Gasteiger partial charge in [0, 0.05) is 46.0 Å². The highest BCUT2D eigenvalue weighted by molar-refractivity contribution is 5.88. The van der Waals surface area contributed by atoms with E-state index in [9.17, 15) is 0 Å². The van der Waals surface area contributed by atoms with Crippen LogP contribution >= 0.6 is 0 Å². The van der Waals surface area contributed by atoms with Gasteiger partial charge in [0.25, 0.3) is 0 Å².